The van der Waals surface area contributed by atoms with Gasteiger partial charge in [0.2, 0.25) is 0 Å². The Balaban J connectivity index is 2.54. The summed E-state index contributed by atoms with van der Waals surface area (Å²) < 4.78 is 22.9. The molecule has 1 rings (SSSR count). The lowest BCUT2D eigenvalue weighted by Crippen LogP contribution is -2.15. The van der Waals surface area contributed by atoms with Gasteiger partial charge in [-0.25, -0.2) is 8.42 Å². The van der Waals surface area contributed by atoms with E-state index < -0.39 is 9.84 Å². The standard InChI is InChI=1S/C13H18Cl2O2S/c1-2-18(16,17)8-7-12(10-14)9-11-3-5-13(15)6-4-11/h3-6,12H,2,7-10H2,1H3. The minimum atomic E-state index is -2.90. The summed E-state index contributed by atoms with van der Waals surface area (Å²) in [5.41, 5.74) is 1.14. The van der Waals surface area contributed by atoms with E-state index in [1.54, 1.807) is 6.92 Å². The SMILES string of the molecule is CCS(=O)(=O)CCC(CCl)Cc1ccc(Cl)cc1. The largest absolute Gasteiger partial charge is 0.229 e. The number of alkyl halides is 1. The van der Waals surface area contributed by atoms with E-state index in [9.17, 15) is 8.42 Å². The van der Waals surface area contributed by atoms with Gasteiger partial charge in [-0.15, -0.1) is 11.6 Å². The highest BCUT2D eigenvalue weighted by Gasteiger charge is 2.14. The lowest BCUT2D eigenvalue weighted by Gasteiger charge is -2.13. The Morgan fingerprint density at radius 1 is 1.22 bits per heavy atom. The molecule has 0 bridgehead atoms. The molecule has 0 saturated heterocycles. The monoisotopic (exact) mass is 308 g/mol. The van der Waals surface area contributed by atoms with Crippen molar-refractivity contribution in [2.24, 2.45) is 5.92 Å². The normalized spacial score (nSPS) is 13.5. The Morgan fingerprint density at radius 3 is 2.33 bits per heavy atom. The van der Waals surface area contributed by atoms with Crippen molar-refractivity contribution in [2.45, 2.75) is 19.8 Å². The molecular weight excluding hydrogens is 291 g/mol. The van der Waals surface area contributed by atoms with Crippen molar-refractivity contribution in [3.05, 3.63) is 34.9 Å². The molecule has 18 heavy (non-hydrogen) atoms. The van der Waals surface area contributed by atoms with Crippen molar-refractivity contribution in [1.82, 2.24) is 0 Å². The zero-order valence-electron chi connectivity index (χ0n) is 10.4. The van der Waals surface area contributed by atoms with Crippen LogP contribution in [0, 0.1) is 5.92 Å². The zero-order valence-corrected chi connectivity index (χ0v) is 12.7. The predicted molar refractivity (Wildman–Crippen MR) is 78.3 cm³/mol. The summed E-state index contributed by atoms with van der Waals surface area (Å²) in [6.45, 7) is 1.67. The van der Waals surface area contributed by atoms with E-state index in [-0.39, 0.29) is 17.4 Å². The average molecular weight is 309 g/mol. The average Bonchev–Trinajstić information content (AvgIpc) is 2.37. The van der Waals surface area contributed by atoms with Crippen LogP contribution in [-0.2, 0) is 16.3 Å². The molecule has 1 unspecified atom stereocenters. The fourth-order valence-electron chi connectivity index (χ4n) is 1.68. The highest BCUT2D eigenvalue weighted by Crippen LogP contribution is 2.17. The summed E-state index contributed by atoms with van der Waals surface area (Å²) in [7, 11) is -2.90. The number of sulfone groups is 1. The number of hydrogen-bond acceptors (Lipinski definition) is 2. The van der Waals surface area contributed by atoms with Crippen LogP contribution in [0.4, 0.5) is 0 Å². The number of halogens is 2. The van der Waals surface area contributed by atoms with Crippen LogP contribution in [0.5, 0.6) is 0 Å². The number of hydrogen-bond donors (Lipinski definition) is 0. The summed E-state index contributed by atoms with van der Waals surface area (Å²) in [4.78, 5) is 0. The first-order valence-corrected chi connectivity index (χ1v) is 8.71. The molecule has 0 aliphatic carbocycles. The zero-order chi connectivity index (χ0) is 13.6. The van der Waals surface area contributed by atoms with Gasteiger partial charge in [-0.1, -0.05) is 30.7 Å². The second kappa shape index (κ2) is 7.37. The van der Waals surface area contributed by atoms with Gasteiger partial charge >= 0.3 is 0 Å². The van der Waals surface area contributed by atoms with E-state index in [1.165, 1.54) is 0 Å². The maximum Gasteiger partial charge on any atom is 0.150 e. The smallest absolute Gasteiger partial charge is 0.150 e. The third-order valence-electron chi connectivity index (χ3n) is 2.93. The molecule has 0 N–H and O–H groups in total. The maximum absolute atomic E-state index is 11.5. The lowest BCUT2D eigenvalue weighted by atomic mass is 9.99. The van der Waals surface area contributed by atoms with E-state index in [0.717, 1.165) is 12.0 Å². The summed E-state index contributed by atoms with van der Waals surface area (Å²) in [5, 5.41) is 0.703. The molecular formula is C13H18Cl2O2S. The highest BCUT2D eigenvalue weighted by molar-refractivity contribution is 7.91. The number of benzene rings is 1. The fourth-order valence-corrected chi connectivity index (χ4v) is 3.05. The first-order chi connectivity index (χ1) is 8.46. The molecule has 0 heterocycles. The van der Waals surface area contributed by atoms with Gasteiger partial charge in [0.1, 0.15) is 9.84 Å². The molecule has 0 radical (unpaired) electrons. The van der Waals surface area contributed by atoms with Crippen LogP contribution in [0.25, 0.3) is 0 Å². The molecule has 1 aromatic rings. The Morgan fingerprint density at radius 2 is 1.83 bits per heavy atom. The summed E-state index contributed by atoms with van der Waals surface area (Å²) in [5.74, 6) is 1.08. The van der Waals surface area contributed by atoms with Gasteiger partial charge in [-0.3, -0.25) is 0 Å². The van der Waals surface area contributed by atoms with Gasteiger partial charge in [0.05, 0.1) is 5.75 Å². The van der Waals surface area contributed by atoms with Gasteiger partial charge in [0, 0.05) is 16.7 Å². The minimum absolute atomic E-state index is 0.189. The molecule has 0 saturated carbocycles. The topological polar surface area (TPSA) is 34.1 Å². The van der Waals surface area contributed by atoms with Gasteiger partial charge < -0.3 is 0 Å². The first-order valence-electron chi connectivity index (χ1n) is 5.97. The Labute approximate surface area is 119 Å². The van der Waals surface area contributed by atoms with Crippen LogP contribution in [0.15, 0.2) is 24.3 Å². The second-order valence-electron chi connectivity index (χ2n) is 4.38. The molecule has 102 valence electrons. The van der Waals surface area contributed by atoms with E-state index in [4.69, 9.17) is 23.2 Å². The predicted octanol–water partition coefficient (Wildman–Crippen LogP) is 3.56. The third kappa shape index (κ3) is 5.59. The summed E-state index contributed by atoms with van der Waals surface area (Å²) >= 11 is 11.7. The summed E-state index contributed by atoms with van der Waals surface area (Å²) in [6, 6.07) is 7.59. The van der Waals surface area contributed by atoms with Crippen LogP contribution in [0.3, 0.4) is 0 Å². The van der Waals surface area contributed by atoms with Crippen LogP contribution in [0.2, 0.25) is 5.02 Å². The van der Waals surface area contributed by atoms with Gasteiger partial charge in [0.25, 0.3) is 0 Å². The first kappa shape index (κ1) is 15.8. The summed E-state index contributed by atoms with van der Waals surface area (Å²) in [6.07, 6.45) is 1.40. The van der Waals surface area contributed by atoms with Crippen molar-refractivity contribution >= 4 is 33.0 Å². The minimum Gasteiger partial charge on any atom is -0.229 e. The molecule has 2 nitrogen and oxygen atoms in total. The van der Waals surface area contributed by atoms with E-state index in [1.807, 2.05) is 24.3 Å². The van der Waals surface area contributed by atoms with Crippen molar-refractivity contribution in [3.8, 4) is 0 Å². The second-order valence-corrected chi connectivity index (χ2v) is 7.59. The maximum atomic E-state index is 11.5. The molecule has 0 aliphatic rings. The van der Waals surface area contributed by atoms with Crippen molar-refractivity contribution in [3.63, 3.8) is 0 Å². The van der Waals surface area contributed by atoms with Crippen molar-refractivity contribution in [2.75, 3.05) is 17.4 Å². The fraction of sp³-hybridized carbons (Fsp3) is 0.538. The Bertz CT molecular complexity index is 454. The van der Waals surface area contributed by atoms with E-state index in [2.05, 4.69) is 0 Å². The van der Waals surface area contributed by atoms with Crippen LogP contribution in [0.1, 0.15) is 18.9 Å². The Hall–Kier alpha value is -0.250. The molecule has 0 spiro atoms. The van der Waals surface area contributed by atoms with Crippen molar-refractivity contribution < 1.29 is 8.42 Å². The molecule has 0 aromatic heterocycles. The quantitative estimate of drug-likeness (QED) is 0.722. The lowest BCUT2D eigenvalue weighted by molar-refractivity contribution is 0.548. The van der Waals surface area contributed by atoms with E-state index in [0.29, 0.717) is 17.3 Å². The molecule has 0 fully saturated rings. The molecule has 1 aromatic carbocycles. The van der Waals surface area contributed by atoms with Crippen LogP contribution >= 0.6 is 23.2 Å². The van der Waals surface area contributed by atoms with Gasteiger partial charge in [-0.2, -0.15) is 0 Å². The molecule has 1 atom stereocenters. The van der Waals surface area contributed by atoms with Gasteiger partial charge in [-0.05, 0) is 36.5 Å². The van der Waals surface area contributed by atoms with E-state index >= 15 is 0 Å². The molecule has 0 amide bonds. The van der Waals surface area contributed by atoms with Crippen LogP contribution in [-0.4, -0.2) is 25.8 Å². The van der Waals surface area contributed by atoms with Gasteiger partial charge in [0.15, 0.2) is 0 Å². The van der Waals surface area contributed by atoms with Crippen molar-refractivity contribution in [1.29, 1.82) is 0 Å². The van der Waals surface area contributed by atoms with Crippen LogP contribution < -0.4 is 0 Å². The molecule has 5 heteroatoms. The number of rotatable bonds is 7. The highest BCUT2D eigenvalue weighted by atomic mass is 35.5. The molecule has 0 aliphatic heterocycles. The third-order valence-corrected chi connectivity index (χ3v) is 5.36. The Kier molecular flexibility index (Phi) is 6.47.